The van der Waals surface area contributed by atoms with Crippen LogP contribution >= 0.6 is 11.6 Å². The SMILES string of the molecule is CC[C@H](C)NC(=O)[C@@H](C)N(Cc1cccc(Cl)c1)C(=O)CN(c1ccc(Oc2ccccc2)cc1)S(=O)(=O)c1ccccc1. The first kappa shape index (κ1) is 32.6. The minimum atomic E-state index is -4.18. The van der Waals surface area contributed by atoms with Crippen LogP contribution in [0.3, 0.4) is 0 Å². The Kier molecular flexibility index (Phi) is 11.0. The maximum atomic E-state index is 14.1. The van der Waals surface area contributed by atoms with Gasteiger partial charge in [-0.2, -0.15) is 0 Å². The van der Waals surface area contributed by atoms with Crippen LogP contribution in [0.15, 0.2) is 114 Å². The third-order valence-electron chi connectivity index (χ3n) is 7.12. The molecule has 10 heteroatoms. The van der Waals surface area contributed by atoms with Gasteiger partial charge in [0.15, 0.2) is 0 Å². The maximum absolute atomic E-state index is 14.1. The molecule has 2 atom stereocenters. The van der Waals surface area contributed by atoms with Crippen LogP contribution in [0.25, 0.3) is 0 Å². The summed E-state index contributed by atoms with van der Waals surface area (Å²) in [5, 5.41) is 3.41. The standard InChI is InChI=1S/C34H36ClN3O5S/c1-4-25(2)36-34(40)26(3)37(23-27-12-11-13-28(35)22-27)33(39)24-38(44(41,42)32-16-9-6-10-17-32)29-18-20-31(21-19-29)43-30-14-7-5-8-15-30/h5-22,25-26H,4,23-24H2,1-3H3,(H,36,40)/t25-,26+/m0/s1. The first-order chi connectivity index (χ1) is 21.1. The van der Waals surface area contributed by atoms with Crippen molar-refractivity contribution in [3.8, 4) is 11.5 Å². The summed E-state index contributed by atoms with van der Waals surface area (Å²) in [6, 6.07) is 29.6. The number of ether oxygens (including phenoxy) is 1. The molecule has 0 heterocycles. The minimum absolute atomic E-state index is 0.0290. The lowest BCUT2D eigenvalue weighted by Crippen LogP contribution is -2.52. The number of amides is 2. The Morgan fingerprint density at radius 1 is 0.841 bits per heavy atom. The van der Waals surface area contributed by atoms with Crippen molar-refractivity contribution in [3.05, 3.63) is 120 Å². The molecule has 0 aromatic heterocycles. The molecule has 230 valence electrons. The second-order valence-corrected chi connectivity index (χ2v) is 12.7. The number of nitrogens with one attached hydrogen (secondary N) is 1. The van der Waals surface area contributed by atoms with E-state index in [1.165, 1.54) is 17.0 Å². The van der Waals surface area contributed by atoms with Crippen LogP contribution in [-0.4, -0.2) is 43.8 Å². The number of benzene rings is 4. The normalized spacial score (nSPS) is 12.5. The predicted octanol–water partition coefficient (Wildman–Crippen LogP) is 6.66. The van der Waals surface area contributed by atoms with Gasteiger partial charge < -0.3 is 15.0 Å². The van der Waals surface area contributed by atoms with Crippen LogP contribution in [-0.2, 0) is 26.2 Å². The molecule has 4 rings (SSSR count). The average molecular weight is 634 g/mol. The van der Waals surface area contributed by atoms with E-state index in [1.54, 1.807) is 73.7 Å². The molecule has 44 heavy (non-hydrogen) atoms. The van der Waals surface area contributed by atoms with Gasteiger partial charge in [-0.25, -0.2) is 8.42 Å². The molecule has 0 radical (unpaired) electrons. The monoisotopic (exact) mass is 633 g/mol. The van der Waals surface area contributed by atoms with Crippen molar-refractivity contribution in [1.82, 2.24) is 10.2 Å². The van der Waals surface area contributed by atoms with E-state index in [2.05, 4.69) is 5.32 Å². The molecular formula is C34H36ClN3O5S. The lowest BCUT2D eigenvalue weighted by molar-refractivity contribution is -0.139. The number of rotatable bonds is 13. The number of para-hydroxylation sites is 1. The number of hydrogen-bond acceptors (Lipinski definition) is 5. The number of carbonyl (C=O) groups is 2. The molecule has 0 aliphatic rings. The van der Waals surface area contributed by atoms with Crippen molar-refractivity contribution < 1.29 is 22.7 Å². The zero-order valence-electron chi connectivity index (χ0n) is 24.9. The van der Waals surface area contributed by atoms with E-state index in [0.29, 0.717) is 28.5 Å². The van der Waals surface area contributed by atoms with Crippen molar-refractivity contribution >= 4 is 39.1 Å². The summed E-state index contributed by atoms with van der Waals surface area (Å²) < 4.78 is 34.9. The fourth-order valence-corrected chi connectivity index (χ4v) is 6.08. The van der Waals surface area contributed by atoms with Gasteiger partial charge in [0, 0.05) is 17.6 Å². The van der Waals surface area contributed by atoms with E-state index in [9.17, 15) is 18.0 Å². The predicted molar refractivity (Wildman–Crippen MR) is 173 cm³/mol. The highest BCUT2D eigenvalue weighted by molar-refractivity contribution is 7.92. The molecule has 1 N–H and O–H groups in total. The van der Waals surface area contributed by atoms with Gasteiger partial charge >= 0.3 is 0 Å². The maximum Gasteiger partial charge on any atom is 0.264 e. The molecule has 2 amide bonds. The molecule has 0 saturated heterocycles. The highest BCUT2D eigenvalue weighted by atomic mass is 35.5. The molecule has 0 aliphatic heterocycles. The lowest BCUT2D eigenvalue weighted by atomic mass is 10.1. The number of hydrogen-bond donors (Lipinski definition) is 1. The number of anilines is 1. The summed E-state index contributed by atoms with van der Waals surface area (Å²) in [6.45, 7) is 4.97. The fraction of sp³-hybridized carbons (Fsp3) is 0.235. The van der Waals surface area contributed by atoms with E-state index < -0.39 is 28.5 Å². The quantitative estimate of drug-likeness (QED) is 0.178. The highest BCUT2D eigenvalue weighted by Crippen LogP contribution is 2.28. The number of halogens is 1. The van der Waals surface area contributed by atoms with E-state index >= 15 is 0 Å². The summed E-state index contributed by atoms with van der Waals surface area (Å²) in [4.78, 5) is 28.7. The zero-order chi connectivity index (χ0) is 31.7. The smallest absolute Gasteiger partial charge is 0.264 e. The van der Waals surface area contributed by atoms with Crippen LogP contribution in [0.4, 0.5) is 5.69 Å². The second kappa shape index (κ2) is 14.9. The number of sulfonamides is 1. The molecule has 4 aromatic rings. The van der Waals surface area contributed by atoms with Crippen molar-refractivity contribution in [2.45, 2.75) is 50.7 Å². The Bertz CT molecular complexity index is 1650. The van der Waals surface area contributed by atoms with Gasteiger partial charge in [-0.15, -0.1) is 0 Å². The molecule has 0 bridgehead atoms. The van der Waals surface area contributed by atoms with Gasteiger partial charge in [-0.05, 0) is 86.5 Å². The van der Waals surface area contributed by atoms with Gasteiger partial charge in [0.1, 0.15) is 24.1 Å². The number of nitrogens with zero attached hydrogens (tertiary/aromatic N) is 2. The Morgan fingerprint density at radius 2 is 1.45 bits per heavy atom. The number of carbonyl (C=O) groups excluding carboxylic acids is 2. The van der Waals surface area contributed by atoms with E-state index in [4.69, 9.17) is 16.3 Å². The zero-order valence-corrected chi connectivity index (χ0v) is 26.5. The average Bonchev–Trinajstić information content (AvgIpc) is 3.03. The molecule has 8 nitrogen and oxygen atoms in total. The van der Waals surface area contributed by atoms with Crippen molar-refractivity contribution in [2.24, 2.45) is 0 Å². The van der Waals surface area contributed by atoms with Crippen molar-refractivity contribution in [3.63, 3.8) is 0 Å². The van der Waals surface area contributed by atoms with E-state index in [1.807, 2.05) is 44.2 Å². The van der Waals surface area contributed by atoms with Gasteiger partial charge in [-0.1, -0.05) is 67.1 Å². The topological polar surface area (TPSA) is 96.0 Å². The summed E-state index contributed by atoms with van der Waals surface area (Å²) in [5.74, 6) is 0.238. The van der Waals surface area contributed by atoms with Gasteiger partial charge in [0.05, 0.1) is 10.6 Å². The minimum Gasteiger partial charge on any atom is -0.457 e. The van der Waals surface area contributed by atoms with Crippen LogP contribution in [0.5, 0.6) is 11.5 Å². The second-order valence-electron chi connectivity index (χ2n) is 10.4. The third-order valence-corrected chi connectivity index (χ3v) is 9.15. The summed E-state index contributed by atoms with van der Waals surface area (Å²) in [5.41, 5.74) is 0.968. The van der Waals surface area contributed by atoms with Crippen molar-refractivity contribution in [1.29, 1.82) is 0 Å². The summed E-state index contributed by atoms with van der Waals surface area (Å²) in [6.07, 6.45) is 0.716. The first-order valence-electron chi connectivity index (χ1n) is 14.3. The van der Waals surface area contributed by atoms with Gasteiger partial charge in [-0.3, -0.25) is 13.9 Å². The summed E-state index contributed by atoms with van der Waals surface area (Å²) >= 11 is 6.21. The Hall–Kier alpha value is -4.34. The summed E-state index contributed by atoms with van der Waals surface area (Å²) in [7, 11) is -4.18. The van der Waals surface area contributed by atoms with E-state index in [-0.39, 0.29) is 29.1 Å². The van der Waals surface area contributed by atoms with Crippen LogP contribution in [0, 0.1) is 0 Å². The van der Waals surface area contributed by atoms with Crippen LogP contribution in [0.2, 0.25) is 5.02 Å². The Balaban J connectivity index is 1.69. The van der Waals surface area contributed by atoms with Crippen LogP contribution < -0.4 is 14.4 Å². The Morgan fingerprint density at radius 3 is 2.07 bits per heavy atom. The van der Waals surface area contributed by atoms with Crippen molar-refractivity contribution in [2.75, 3.05) is 10.8 Å². The molecule has 0 spiro atoms. The fourth-order valence-electron chi connectivity index (χ4n) is 4.43. The molecular weight excluding hydrogens is 598 g/mol. The first-order valence-corrected chi connectivity index (χ1v) is 16.2. The highest BCUT2D eigenvalue weighted by Gasteiger charge is 2.32. The molecule has 0 aliphatic carbocycles. The van der Waals surface area contributed by atoms with E-state index in [0.717, 1.165) is 4.31 Å². The third kappa shape index (κ3) is 8.39. The lowest BCUT2D eigenvalue weighted by Gasteiger charge is -2.32. The molecule has 0 unspecified atom stereocenters. The largest absolute Gasteiger partial charge is 0.457 e. The Labute approximate surface area is 264 Å². The van der Waals surface area contributed by atoms with Crippen LogP contribution in [0.1, 0.15) is 32.8 Å². The molecule has 0 saturated carbocycles. The van der Waals surface area contributed by atoms with Gasteiger partial charge in [0.25, 0.3) is 10.0 Å². The van der Waals surface area contributed by atoms with Gasteiger partial charge in [0.2, 0.25) is 11.8 Å². The molecule has 4 aromatic carbocycles. The molecule has 0 fully saturated rings.